The molecule has 1 fully saturated rings. The predicted octanol–water partition coefficient (Wildman–Crippen LogP) is 1.52. The van der Waals surface area contributed by atoms with Crippen molar-refractivity contribution in [2.24, 2.45) is 11.8 Å². The van der Waals surface area contributed by atoms with Gasteiger partial charge in [0.15, 0.2) is 0 Å². The lowest BCUT2D eigenvalue weighted by Gasteiger charge is -2.30. The van der Waals surface area contributed by atoms with Crippen LogP contribution in [0.3, 0.4) is 0 Å². The van der Waals surface area contributed by atoms with Gasteiger partial charge in [0, 0.05) is 5.92 Å². The van der Waals surface area contributed by atoms with Crippen LogP contribution in [0.1, 0.15) is 26.2 Å². The van der Waals surface area contributed by atoms with Crippen LogP contribution in [0.15, 0.2) is 0 Å². The molecule has 0 aromatic heterocycles. The van der Waals surface area contributed by atoms with E-state index in [0.29, 0.717) is 5.92 Å². The van der Waals surface area contributed by atoms with Crippen LogP contribution in [0, 0.1) is 23.2 Å². The highest BCUT2D eigenvalue weighted by Crippen LogP contribution is 2.34. The van der Waals surface area contributed by atoms with Gasteiger partial charge in [-0.15, -0.1) is 0 Å². The molecular formula is C8H11NO. The van der Waals surface area contributed by atoms with Gasteiger partial charge in [0.2, 0.25) is 0 Å². The van der Waals surface area contributed by atoms with E-state index in [2.05, 4.69) is 6.92 Å². The van der Waals surface area contributed by atoms with Crippen LogP contribution in [-0.4, -0.2) is 5.78 Å². The molecule has 1 rings (SSSR count). The Morgan fingerprint density at radius 1 is 1.70 bits per heavy atom. The maximum atomic E-state index is 10.9. The summed E-state index contributed by atoms with van der Waals surface area (Å²) in [6.45, 7) is 2.14. The van der Waals surface area contributed by atoms with Crippen molar-refractivity contribution in [3.63, 3.8) is 0 Å². The Morgan fingerprint density at radius 2 is 2.30 bits per heavy atom. The van der Waals surface area contributed by atoms with E-state index in [-0.39, 0.29) is 18.1 Å². The van der Waals surface area contributed by atoms with E-state index in [1.807, 2.05) is 6.07 Å². The summed E-state index contributed by atoms with van der Waals surface area (Å²) in [5.74, 6) is 1.06. The Bertz CT molecular complexity index is 174. The molecule has 0 aromatic carbocycles. The van der Waals surface area contributed by atoms with E-state index in [1.165, 1.54) is 0 Å². The maximum Gasteiger partial charge on any atom is 0.149 e. The fraction of sp³-hybridized carbons (Fsp3) is 0.750. The second-order valence-corrected chi connectivity index (χ2v) is 3.07. The number of rotatable bonds is 2. The largest absolute Gasteiger partial charge is 0.298 e. The molecule has 0 amide bonds. The first-order valence-corrected chi connectivity index (χ1v) is 3.63. The standard InChI is InChI=1S/C8H11NO/c1-6-4-7(5-6)8(10)2-3-9/h6-7H,2,4-5H2,1H3. The van der Waals surface area contributed by atoms with Crippen molar-refractivity contribution in [1.82, 2.24) is 0 Å². The summed E-state index contributed by atoms with van der Waals surface area (Å²) in [6.07, 6.45) is 2.11. The Morgan fingerprint density at radius 3 is 2.70 bits per heavy atom. The monoisotopic (exact) mass is 137 g/mol. The lowest BCUT2D eigenvalue weighted by Crippen LogP contribution is -2.28. The summed E-state index contributed by atoms with van der Waals surface area (Å²) >= 11 is 0. The van der Waals surface area contributed by atoms with Crippen LogP contribution in [-0.2, 0) is 4.79 Å². The van der Waals surface area contributed by atoms with Gasteiger partial charge < -0.3 is 0 Å². The minimum absolute atomic E-state index is 0.109. The molecule has 0 unspecified atom stereocenters. The topological polar surface area (TPSA) is 40.9 Å². The normalized spacial score (nSPS) is 30.4. The molecule has 0 N–H and O–H groups in total. The second-order valence-electron chi connectivity index (χ2n) is 3.07. The van der Waals surface area contributed by atoms with E-state index in [1.54, 1.807) is 0 Å². The molecule has 1 saturated carbocycles. The van der Waals surface area contributed by atoms with Crippen molar-refractivity contribution in [1.29, 1.82) is 5.26 Å². The van der Waals surface area contributed by atoms with Crippen LogP contribution < -0.4 is 0 Å². The van der Waals surface area contributed by atoms with Crippen LogP contribution in [0.5, 0.6) is 0 Å². The van der Waals surface area contributed by atoms with Gasteiger partial charge in [-0.05, 0) is 18.8 Å². The summed E-state index contributed by atoms with van der Waals surface area (Å²) in [7, 11) is 0. The van der Waals surface area contributed by atoms with Gasteiger partial charge in [-0.1, -0.05) is 6.92 Å². The molecule has 2 nitrogen and oxygen atoms in total. The number of hydrogen-bond donors (Lipinski definition) is 0. The highest BCUT2D eigenvalue weighted by molar-refractivity contribution is 5.83. The Labute approximate surface area is 60.8 Å². The summed E-state index contributed by atoms with van der Waals surface area (Å²) in [5.41, 5.74) is 0. The molecule has 1 aliphatic rings. The third kappa shape index (κ3) is 1.36. The number of hydrogen-bond acceptors (Lipinski definition) is 2. The van der Waals surface area contributed by atoms with E-state index in [4.69, 9.17) is 5.26 Å². The Hall–Kier alpha value is -0.840. The second kappa shape index (κ2) is 2.83. The smallest absolute Gasteiger partial charge is 0.149 e. The van der Waals surface area contributed by atoms with Crippen LogP contribution >= 0.6 is 0 Å². The number of nitriles is 1. The molecule has 0 bridgehead atoms. The van der Waals surface area contributed by atoms with E-state index >= 15 is 0 Å². The highest BCUT2D eigenvalue weighted by atomic mass is 16.1. The number of nitrogens with zero attached hydrogens (tertiary/aromatic N) is 1. The number of Topliss-reactive ketones (excluding diaryl/α,β-unsaturated/α-hetero) is 1. The van der Waals surface area contributed by atoms with Crippen LogP contribution in [0.4, 0.5) is 0 Å². The molecule has 0 aromatic rings. The van der Waals surface area contributed by atoms with Gasteiger partial charge >= 0.3 is 0 Å². The van der Waals surface area contributed by atoms with Gasteiger partial charge in [0.1, 0.15) is 5.78 Å². The zero-order valence-corrected chi connectivity index (χ0v) is 6.13. The van der Waals surface area contributed by atoms with E-state index < -0.39 is 0 Å². The minimum Gasteiger partial charge on any atom is -0.298 e. The third-order valence-corrected chi connectivity index (χ3v) is 2.08. The molecular weight excluding hydrogens is 126 g/mol. The Balaban J connectivity index is 2.26. The number of ketones is 1. The van der Waals surface area contributed by atoms with Gasteiger partial charge in [0.05, 0.1) is 12.5 Å². The first kappa shape index (κ1) is 7.27. The fourth-order valence-corrected chi connectivity index (χ4v) is 1.39. The lowest BCUT2D eigenvalue weighted by molar-refractivity contribution is -0.125. The fourth-order valence-electron chi connectivity index (χ4n) is 1.39. The molecule has 54 valence electrons. The van der Waals surface area contributed by atoms with Crippen molar-refractivity contribution >= 4 is 5.78 Å². The summed E-state index contributed by atoms with van der Waals surface area (Å²) in [4.78, 5) is 10.9. The first-order chi connectivity index (χ1) is 4.74. The zero-order chi connectivity index (χ0) is 7.56. The van der Waals surface area contributed by atoms with Crippen molar-refractivity contribution < 1.29 is 4.79 Å². The molecule has 0 spiro atoms. The van der Waals surface area contributed by atoms with Crippen molar-refractivity contribution in [2.75, 3.05) is 0 Å². The van der Waals surface area contributed by atoms with Crippen molar-refractivity contribution in [2.45, 2.75) is 26.2 Å². The quantitative estimate of drug-likeness (QED) is 0.579. The molecule has 10 heavy (non-hydrogen) atoms. The van der Waals surface area contributed by atoms with Crippen molar-refractivity contribution in [3.05, 3.63) is 0 Å². The van der Waals surface area contributed by atoms with Crippen LogP contribution in [0.25, 0.3) is 0 Å². The number of carbonyl (C=O) groups excluding carboxylic acids is 1. The lowest BCUT2D eigenvalue weighted by atomic mass is 9.73. The maximum absolute atomic E-state index is 10.9. The van der Waals surface area contributed by atoms with Gasteiger partial charge in [-0.2, -0.15) is 5.26 Å². The van der Waals surface area contributed by atoms with E-state index in [9.17, 15) is 4.79 Å². The molecule has 0 saturated heterocycles. The zero-order valence-electron chi connectivity index (χ0n) is 6.13. The van der Waals surface area contributed by atoms with Gasteiger partial charge in [-0.25, -0.2) is 0 Å². The minimum atomic E-state index is 0.109. The molecule has 1 aliphatic carbocycles. The highest BCUT2D eigenvalue weighted by Gasteiger charge is 2.30. The van der Waals surface area contributed by atoms with E-state index in [0.717, 1.165) is 12.8 Å². The molecule has 2 heteroatoms. The third-order valence-electron chi connectivity index (χ3n) is 2.08. The van der Waals surface area contributed by atoms with Crippen LogP contribution in [0.2, 0.25) is 0 Å². The number of carbonyl (C=O) groups is 1. The average Bonchev–Trinajstić information content (AvgIpc) is 1.82. The average molecular weight is 137 g/mol. The summed E-state index contributed by atoms with van der Waals surface area (Å²) in [6, 6.07) is 1.88. The Kier molecular flexibility index (Phi) is 2.06. The van der Waals surface area contributed by atoms with Crippen molar-refractivity contribution in [3.8, 4) is 6.07 Å². The first-order valence-electron chi connectivity index (χ1n) is 3.63. The molecule has 0 aliphatic heterocycles. The van der Waals surface area contributed by atoms with Gasteiger partial charge in [-0.3, -0.25) is 4.79 Å². The molecule has 0 atom stereocenters. The predicted molar refractivity (Wildman–Crippen MR) is 37.1 cm³/mol. The molecule has 0 radical (unpaired) electrons. The molecule has 0 heterocycles. The SMILES string of the molecule is CC1CC(C(=O)CC#N)C1. The van der Waals surface area contributed by atoms with Gasteiger partial charge in [0.25, 0.3) is 0 Å². The summed E-state index contributed by atoms with van der Waals surface area (Å²) in [5, 5.41) is 8.20. The summed E-state index contributed by atoms with van der Waals surface area (Å²) < 4.78 is 0.